The highest BCUT2D eigenvalue weighted by Gasteiger charge is 2.13. The van der Waals surface area contributed by atoms with E-state index in [9.17, 15) is 4.79 Å². The first kappa shape index (κ1) is 13.5. The first-order valence-corrected chi connectivity index (χ1v) is 6.41. The van der Waals surface area contributed by atoms with Crippen molar-refractivity contribution in [2.75, 3.05) is 5.32 Å². The summed E-state index contributed by atoms with van der Waals surface area (Å²) in [6.07, 6.45) is 1.64. The number of benzene rings is 1. The number of halogens is 1. The van der Waals surface area contributed by atoms with Gasteiger partial charge in [0.15, 0.2) is 5.82 Å². The zero-order chi connectivity index (χ0) is 14.0. The zero-order valence-corrected chi connectivity index (χ0v) is 12.0. The number of aromatic nitrogens is 3. The average molecular weight is 325 g/mol. The molecule has 0 aliphatic carbocycles. The fraction of sp³-hybridized carbons (Fsp3) is 0.250. The van der Waals surface area contributed by atoms with E-state index in [1.807, 2.05) is 18.5 Å². The molecule has 0 bridgehead atoms. The van der Waals surface area contributed by atoms with Crippen molar-refractivity contribution in [1.29, 1.82) is 0 Å². The lowest BCUT2D eigenvalue weighted by Crippen LogP contribution is -2.12. The number of carboxylic acid groups (broad SMARTS) is 1. The van der Waals surface area contributed by atoms with Gasteiger partial charge in [-0.1, -0.05) is 0 Å². The molecule has 0 amide bonds. The first-order chi connectivity index (χ1) is 8.99. The van der Waals surface area contributed by atoms with Crippen LogP contribution in [0.4, 0.5) is 5.69 Å². The van der Waals surface area contributed by atoms with Gasteiger partial charge in [-0.2, -0.15) is 0 Å². The molecule has 0 radical (unpaired) electrons. The van der Waals surface area contributed by atoms with Crippen LogP contribution < -0.4 is 5.32 Å². The van der Waals surface area contributed by atoms with Crippen LogP contribution in [0.2, 0.25) is 0 Å². The maximum absolute atomic E-state index is 10.9. The lowest BCUT2D eigenvalue weighted by atomic mass is 10.2. The quantitative estimate of drug-likeness (QED) is 0.902. The second-order valence-corrected chi connectivity index (χ2v) is 5.02. The smallest absolute Gasteiger partial charge is 0.335 e. The number of anilines is 1. The molecular weight excluding hydrogens is 312 g/mol. The van der Waals surface area contributed by atoms with E-state index in [-0.39, 0.29) is 11.6 Å². The van der Waals surface area contributed by atoms with Crippen LogP contribution in [-0.2, 0) is 7.05 Å². The minimum atomic E-state index is -0.950. The molecule has 1 atom stereocenters. The van der Waals surface area contributed by atoms with Gasteiger partial charge in [0.1, 0.15) is 6.33 Å². The number of rotatable bonds is 4. The lowest BCUT2D eigenvalue weighted by molar-refractivity contribution is 0.0697. The van der Waals surface area contributed by atoms with Crippen LogP contribution in [0.25, 0.3) is 0 Å². The van der Waals surface area contributed by atoms with E-state index in [0.29, 0.717) is 4.47 Å². The number of aromatic carboxylic acids is 1. The van der Waals surface area contributed by atoms with Gasteiger partial charge < -0.3 is 15.0 Å². The topological polar surface area (TPSA) is 80.0 Å². The molecule has 100 valence electrons. The molecule has 2 N–H and O–H groups in total. The van der Waals surface area contributed by atoms with Crippen LogP contribution in [0.1, 0.15) is 29.1 Å². The van der Waals surface area contributed by atoms with E-state index in [1.54, 1.807) is 24.5 Å². The van der Waals surface area contributed by atoms with Crippen LogP contribution in [0.15, 0.2) is 29.0 Å². The molecule has 0 aliphatic heterocycles. The Bertz CT molecular complexity index is 612. The summed E-state index contributed by atoms with van der Waals surface area (Å²) in [5, 5.41) is 20.0. The summed E-state index contributed by atoms with van der Waals surface area (Å²) in [5.41, 5.74) is 1.05. The van der Waals surface area contributed by atoms with Crippen molar-refractivity contribution < 1.29 is 9.90 Å². The molecule has 1 unspecified atom stereocenters. The fourth-order valence-corrected chi connectivity index (χ4v) is 2.24. The molecule has 0 saturated heterocycles. The number of carbonyl (C=O) groups is 1. The third-order valence-corrected chi connectivity index (χ3v) is 3.38. The fourth-order valence-electron chi connectivity index (χ4n) is 1.75. The van der Waals surface area contributed by atoms with Gasteiger partial charge in [-0.15, -0.1) is 10.2 Å². The molecule has 0 fully saturated rings. The third-order valence-electron chi connectivity index (χ3n) is 2.72. The van der Waals surface area contributed by atoms with Crippen molar-refractivity contribution in [2.45, 2.75) is 13.0 Å². The number of nitrogens with one attached hydrogen (secondary N) is 1. The van der Waals surface area contributed by atoms with Gasteiger partial charge in [0, 0.05) is 17.2 Å². The van der Waals surface area contributed by atoms with E-state index >= 15 is 0 Å². The highest BCUT2D eigenvalue weighted by atomic mass is 79.9. The second kappa shape index (κ2) is 5.40. The summed E-state index contributed by atoms with van der Waals surface area (Å²) in [6, 6.07) is 4.80. The molecule has 6 nitrogen and oxygen atoms in total. The van der Waals surface area contributed by atoms with Crippen LogP contribution >= 0.6 is 15.9 Å². The molecule has 0 aliphatic rings. The maximum Gasteiger partial charge on any atom is 0.335 e. The van der Waals surface area contributed by atoms with Crippen LogP contribution in [0, 0.1) is 0 Å². The van der Waals surface area contributed by atoms with Gasteiger partial charge in [0.2, 0.25) is 0 Å². The minimum Gasteiger partial charge on any atom is -0.478 e. The predicted octanol–water partition coefficient (Wildman–Crippen LogP) is 2.45. The van der Waals surface area contributed by atoms with E-state index in [1.165, 1.54) is 0 Å². The lowest BCUT2D eigenvalue weighted by Gasteiger charge is -2.15. The largest absolute Gasteiger partial charge is 0.478 e. The summed E-state index contributed by atoms with van der Waals surface area (Å²) >= 11 is 3.36. The number of nitrogens with zero attached hydrogens (tertiary/aromatic N) is 3. The SMILES string of the molecule is CC(Nc1ccc(C(=O)O)cc1Br)c1nncn1C. The van der Waals surface area contributed by atoms with Crippen molar-refractivity contribution in [2.24, 2.45) is 7.05 Å². The van der Waals surface area contributed by atoms with Crippen molar-refractivity contribution in [1.82, 2.24) is 14.8 Å². The second-order valence-electron chi connectivity index (χ2n) is 4.17. The van der Waals surface area contributed by atoms with Crippen molar-refractivity contribution >= 4 is 27.6 Å². The Hall–Kier alpha value is -1.89. The molecule has 2 rings (SSSR count). The Kier molecular flexibility index (Phi) is 3.84. The van der Waals surface area contributed by atoms with Gasteiger partial charge in [-0.05, 0) is 41.1 Å². The van der Waals surface area contributed by atoms with Crippen molar-refractivity contribution in [3.8, 4) is 0 Å². The number of hydrogen-bond donors (Lipinski definition) is 2. The summed E-state index contributed by atoms with van der Waals surface area (Å²) in [4.78, 5) is 10.9. The van der Waals surface area contributed by atoms with E-state index < -0.39 is 5.97 Å². The number of aryl methyl sites for hydroxylation is 1. The molecular formula is C12H13BrN4O2. The normalized spacial score (nSPS) is 12.2. The molecule has 2 aromatic rings. The Labute approximate surface area is 118 Å². The van der Waals surface area contributed by atoms with Gasteiger partial charge in [-0.25, -0.2) is 4.79 Å². The average Bonchev–Trinajstić information content (AvgIpc) is 2.77. The summed E-state index contributed by atoms with van der Waals surface area (Å²) in [7, 11) is 1.87. The molecule has 1 aromatic heterocycles. The van der Waals surface area contributed by atoms with E-state index in [4.69, 9.17) is 5.11 Å². The molecule has 0 saturated carbocycles. The monoisotopic (exact) mass is 324 g/mol. The zero-order valence-electron chi connectivity index (χ0n) is 10.5. The van der Waals surface area contributed by atoms with Crippen LogP contribution in [0.3, 0.4) is 0 Å². The number of hydrogen-bond acceptors (Lipinski definition) is 4. The van der Waals surface area contributed by atoms with Gasteiger partial charge >= 0.3 is 5.97 Å². The van der Waals surface area contributed by atoms with Gasteiger partial charge in [-0.3, -0.25) is 0 Å². The van der Waals surface area contributed by atoms with E-state index in [2.05, 4.69) is 31.4 Å². The summed E-state index contributed by atoms with van der Waals surface area (Å²) < 4.78 is 2.53. The Morgan fingerprint density at radius 3 is 2.79 bits per heavy atom. The molecule has 1 aromatic carbocycles. The molecule has 19 heavy (non-hydrogen) atoms. The summed E-state index contributed by atoms with van der Waals surface area (Å²) in [6.45, 7) is 1.96. The minimum absolute atomic E-state index is 0.0421. The highest BCUT2D eigenvalue weighted by molar-refractivity contribution is 9.10. The predicted molar refractivity (Wildman–Crippen MR) is 74.1 cm³/mol. The van der Waals surface area contributed by atoms with Crippen molar-refractivity contribution in [3.05, 3.63) is 40.4 Å². The van der Waals surface area contributed by atoms with Crippen molar-refractivity contribution in [3.63, 3.8) is 0 Å². The Morgan fingerprint density at radius 1 is 1.53 bits per heavy atom. The van der Waals surface area contributed by atoms with Gasteiger partial charge in [0.05, 0.1) is 11.6 Å². The maximum atomic E-state index is 10.9. The van der Waals surface area contributed by atoms with Gasteiger partial charge in [0.25, 0.3) is 0 Å². The molecule has 1 heterocycles. The number of carboxylic acids is 1. The Balaban J connectivity index is 2.20. The standard InChI is InChI=1S/C12H13BrN4O2/c1-7(11-16-14-6-17(11)2)15-10-4-3-8(12(18)19)5-9(10)13/h3-7,15H,1-2H3,(H,18,19). The third kappa shape index (κ3) is 2.93. The first-order valence-electron chi connectivity index (χ1n) is 5.62. The van der Waals surface area contributed by atoms with Crippen LogP contribution in [-0.4, -0.2) is 25.8 Å². The molecule has 0 spiro atoms. The summed E-state index contributed by atoms with van der Waals surface area (Å²) in [5.74, 6) is -0.150. The Morgan fingerprint density at radius 2 is 2.26 bits per heavy atom. The van der Waals surface area contributed by atoms with E-state index in [0.717, 1.165) is 11.5 Å². The highest BCUT2D eigenvalue weighted by Crippen LogP contribution is 2.27. The van der Waals surface area contributed by atoms with Crippen LogP contribution in [0.5, 0.6) is 0 Å². The molecule has 7 heteroatoms.